The number of hydrogen-bond acceptors (Lipinski definition) is 3. The Kier molecular flexibility index (Phi) is 4.40. The molecular formula is C8H16N2O3. The molecule has 0 aromatic carbocycles. The van der Waals surface area contributed by atoms with Gasteiger partial charge in [-0.3, -0.25) is 9.59 Å². The molecule has 1 atom stereocenters. The zero-order valence-corrected chi connectivity index (χ0v) is 8.15. The number of carboxylic acid groups (broad SMARTS) is 1. The number of rotatable bonds is 4. The summed E-state index contributed by atoms with van der Waals surface area (Å²) in [6.45, 7) is 4.75. The van der Waals surface area contributed by atoms with Crippen LogP contribution in [0, 0.1) is 0 Å². The molecule has 0 saturated heterocycles. The van der Waals surface area contributed by atoms with Crippen LogP contribution in [0.3, 0.4) is 0 Å². The number of carboxylic acids is 1. The normalized spacial score (nSPS) is 12.7. The Morgan fingerprint density at radius 1 is 1.38 bits per heavy atom. The van der Waals surface area contributed by atoms with Gasteiger partial charge < -0.3 is 15.7 Å². The van der Waals surface area contributed by atoms with Crippen LogP contribution < -0.4 is 5.73 Å². The molecule has 5 heteroatoms. The Hall–Kier alpha value is -1.10. The van der Waals surface area contributed by atoms with Crippen molar-refractivity contribution >= 4 is 11.9 Å². The van der Waals surface area contributed by atoms with Crippen LogP contribution in [0.5, 0.6) is 0 Å². The molecule has 0 spiro atoms. The summed E-state index contributed by atoms with van der Waals surface area (Å²) >= 11 is 0. The second kappa shape index (κ2) is 4.81. The molecule has 0 unspecified atom stereocenters. The van der Waals surface area contributed by atoms with Gasteiger partial charge in [-0.05, 0) is 20.8 Å². The third kappa shape index (κ3) is 3.89. The molecule has 0 radical (unpaired) electrons. The zero-order valence-electron chi connectivity index (χ0n) is 8.15. The highest BCUT2D eigenvalue weighted by Gasteiger charge is 2.22. The first-order chi connectivity index (χ1) is 5.86. The van der Waals surface area contributed by atoms with Crippen LogP contribution in [0.25, 0.3) is 0 Å². The number of nitrogens with two attached hydrogens (primary N) is 1. The van der Waals surface area contributed by atoms with E-state index in [4.69, 9.17) is 10.8 Å². The highest BCUT2D eigenvalue weighted by molar-refractivity contribution is 5.85. The van der Waals surface area contributed by atoms with Crippen molar-refractivity contribution in [1.29, 1.82) is 0 Å². The van der Waals surface area contributed by atoms with Crippen LogP contribution in [0.2, 0.25) is 0 Å². The minimum Gasteiger partial charge on any atom is -0.480 e. The van der Waals surface area contributed by atoms with Crippen molar-refractivity contribution in [2.45, 2.75) is 32.9 Å². The van der Waals surface area contributed by atoms with Crippen molar-refractivity contribution in [1.82, 2.24) is 4.90 Å². The Morgan fingerprint density at radius 3 is 2.08 bits per heavy atom. The maximum absolute atomic E-state index is 11.4. The average Bonchev–Trinajstić information content (AvgIpc) is 1.97. The third-order valence-corrected chi connectivity index (χ3v) is 1.60. The summed E-state index contributed by atoms with van der Waals surface area (Å²) in [6.07, 6.45) is 0. The second-order valence-electron chi connectivity index (χ2n) is 3.24. The van der Waals surface area contributed by atoms with E-state index in [2.05, 4.69) is 0 Å². The van der Waals surface area contributed by atoms with E-state index in [0.717, 1.165) is 0 Å². The summed E-state index contributed by atoms with van der Waals surface area (Å²) in [5.74, 6) is -1.36. The van der Waals surface area contributed by atoms with Gasteiger partial charge in [0.15, 0.2) is 0 Å². The van der Waals surface area contributed by atoms with E-state index in [1.54, 1.807) is 20.8 Å². The van der Waals surface area contributed by atoms with Crippen molar-refractivity contribution in [3.05, 3.63) is 0 Å². The van der Waals surface area contributed by atoms with Crippen LogP contribution in [0.15, 0.2) is 0 Å². The van der Waals surface area contributed by atoms with Crippen LogP contribution in [0.4, 0.5) is 0 Å². The van der Waals surface area contributed by atoms with E-state index >= 15 is 0 Å². The molecule has 0 aromatic heterocycles. The summed E-state index contributed by atoms with van der Waals surface area (Å²) < 4.78 is 0. The lowest BCUT2D eigenvalue weighted by molar-refractivity contribution is -0.146. The van der Waals surface area contributed by atoms with Gasteiger partial charge in [0.1, 0.15) is 6.54 Å². The minimum absolute atomic E-state index is 0.144. The average molecular weight is 188 g/mol. The predicted molar refractivity (Wildman–Crippen MR) is 48.1 cm³/mol. The quantitative estimate of drug-likeness (QED) is 0.632. The maximum Gasteiger partial charge on any atom is 0.323 e. The number of nitrogens with zero attached hydrogens (tertiary/aromatic N) is 1. The largest absolute Gasteiger partial charge is 0.480 e. The van der Waals surface area contributed by atoms with Gasteiger partial charge in [0.2, 0.25) is 5.91 Å². The molecule has 76 valence electrons. The molecule has 0 heterocycles. The Balaban J connectivity index is 4.42. The van der Waals surface area contributed by atoms with E-state index in [9.17, 15) is 9.59 Å². The van der Waals surface area contributed by atoms with Crippen molar-refractivity contribution < 1.29 is 14.7 Å². The Bertz CT molecular complexity index is 202. The van der Waals surface area contributed by atoms with Crippen molar-refractivity contribution in [3.8, 4) is 0 Å². The molecule has 3 N–H and O–H groups in total. The zero-order chi connectivity index (χ0) is 10.6. The molecule has 0 aromatic rings. The summed E-state index contributed by atoms with van der Waals surface area (Å²) in [6, 6.07) is -0.795. The molecule has 1 amide bonds. The number of carbonyl (C=O) groups excluding carboxylic acids is 1. The van der Waals surface area contributed by atoms with Crippen LogP contribution in [-0.2, 0) is 9.59 Å². The molecule has 0 fully saturated rings. The Labute approximate surface area is 77.5 Å². The van der Waals surface area contributed by atoms with Gasteiger partial charge in [0, 0.05) is 6.04 Å². The lowest BCUT2D eigenvalue weighted by atomic mass is 10.2. The van der Waals surface area contributed by atoms with Gasteiger partial charge in [-0.15, -0.1) is 0 Å². The van der Waals surface area contributed by atoms with E-state index < -0.39 is 12.0 Å². The molecule has 0 rings (SSSR count). The summed E-state index contributed by atoms with van der Waals surface area (Å²) in [5, 5.41) is 8.53. The molecular weight excluding hydrogens is 172 g/mol. The first-order valence-electron chi connectivity index (χ1n) is 4.14. The van der Waals surface area contributed by atoms with Crippen molar-refractivity contribution in [3.63, 3.8) is 0 Å². The van der Waals surface area contributed by atoms with E-state index in [1.807, 2.05) is 0 Å². The summed E-state index contributed by atoms with van der Waals surface area (Å²) in [4.78, 5) is 23.0. The molecule has 0 saturated carbocycles. The van der Waals surface area contributed by atoms with Crippen molar-refractivity contribution in [2.75, 3.05) is 6.54 Å². The summed E-state index contributed by atoms with van der Waals surface area (Å²) in [5.41, 5.74) is 5.37. The highest BCUT2D eigenvalue weighted by Crippen LogP contribution is 2.00. The minimum atomic E-state index is -1.03. The summed E-state index contributed by atoms with van der Waals surface area (Å²) in [7, 11) is 0. The van der Waals surface area contributed by atoms with Crippen LogP contribution in [-0.4, -0.2) is 40.5 Å². The van der Waals surface area contributed by atoms with Gasteiger partial charge in [0.05, 0.1) is 6.04 Å². The first kappa shape index (κ1) is 11.9. The smallest absolute Gasteiger partial charge is 0.323 e. The van der Waals surface area contributed by atoms with Gasteiger partial charge in [-0.2, -0.15) is 0 Å². The maximum atomic E-state index is 11.4. The predicted octanol–water partition coefficient (Wildman–Crippen LogP) is -0.345. The molecule has 0 aliphatic heterocycles. The number of carbonyl (C=O) groups is 2. The SMILES string of the molecule is CC(C)N(CC(=O)O)C(=O)[C@@H](C)N. The molecule has 5 nitrogen and oxygen atoms in total. The fourth-order valence-electron chi connectivity index (χ4n) is 0.922. The van der Waals surface area contributed by atoms with Gasteiger partial charge in [-0.25, -0.2) is 0 Å². The van der Waals surface area contributed by atoms with Gasteiger partial charge in [-0.1, -0.05) is 0 Å². The van der Waals surface area contributed by atoms with E-state index in [1.165, 1.54) is 4.90 Å². The third-order valence-electron chi connectivity index (χ3n) is 1.60. The van der Waals surface area contributed by atoms with Gasteiger partial charge >= 0.3 is 5.97 Å². The lowest BCUT2D eigenvalue weighted by Crippen LogP contribution is -2.47. The number of amides is 1. The Morgan fingerprint density at radius 2 is 1.85 bits per heavy atom. The van der Waals surface area contributed by atoms with E-state index in [0.29, 0.717) is 0 Å². The van der Waals surface area contributed by atoms with Crippen LogP contribution >= 0.6 is 0 Å². The monoisotopic (exact) mass is 188 g/mol. The van der Waals surface area contributed by atoms with Gasteiger partial charge in [0.25, 0.3) is 0 Å². The first-order valence-corrected chi connectivity index (χ1v) is 4.14. The standard InChI is InChI=1S/C8H16N2O3/c1-5(2)10(4-7(11)12)8(13)6(3)9/h5-6H,4,9H2,1-3H3,(H,11,12)/t6-/m1/s1. The number of hydrogen-bond donors (Lipinski definition) is 2. The van der Waals surface area contributed by atoms with Crippen molar-refractivity contribution in [2.24, 2.45) is 5.73 Å². The van der Waals surface area contributed by atoms with Crippen LogP contribution in [0.1, 0.15) is 20.8 Å². The fraction of sp³-hybridized carbons (Fsp3) is 0.750. The lowest BCUT2D eigenvalue weighted by Gasteiger charge is -2.26. The number of aliphatic carboxylic acids is 1. The topological polar surface area (TPSA) is 83.6 Å². The molecule has 0 aliphatic rings. The molecule has 0 aliphatic carbocycles. The molecule has 13 heavy (non-hydrogen) atoms. The second-order valence-corrected chi connectivity index (χ2v) is 3.24. The highest BCUT2D eigenvalue weighted by atomic mass is 16.4. The van der Waals surface area contributed by atoms with E-state index in [-0.39, 0.29) is 18.5 Å². The molecule has 0 bridgehead atoms. The fourth-order valence-corrected chi connectivity index (χ4v) is 0.922.